The second kappa shape index (κ2) is 18.8. The van der Waals surface area contributed by atoms with E-state index in [1.165, 1.54) is 37.5 Å². The molecule has 0 amide bonds. The van der Waals surface area contributed by atoms with Gasteiger partial charge in [-0.1, -0.05) is 84.9 Å². The van der Waals surface area contributed by atoms with Gasteiger partial charge in [0.05, 0.1) is 7.11 Å². The van der Waals surface area contributed by atoms with Crippen LogP contribution in [0.5, 0.6) is 17.2 Å². The van der Waals surface area contributed by atoms with Gasteiger partial charge in [-0.25, -0.2) is 0 Å². The third-order valence-electron chi connectivity index (χ3n) is 7.76. The maximum atomic E-state index is 12.5. The standard InChI is InChI=1S/C20H14N2O5S.C17H14N2O3.Cr.2Na/c23-16-10-9-12-5-1-2-6-13(12)19(16)21-22-20-15-8-4-3-7-14(15)18(11-17(20)24)28(25,26)27;1-22-12-7-9-15(20)14(10-12)18-19-17-13-5-3-2-4-11(13)6-8-16(17)21;;;/h1-11,21,23H,(H,25,26,27);2-10,18,20H,1H3;;;/q;;;2*+1/b22-20-;19-17-;;;. The normalized spacial score (nSPS) is 14.3. The van der Waals surface area contributed by atoms with Crippen molar-refractivity contribution in [3.05, 3.63) is 138 Å². The number of phenolic OH excluding ortho intramolecular Hbond substituents is 2. The first-order chi connectivity index (χ1) is 24.0. The molecule has 0 saturated carbocycles. The molecule has 53 heavy (non-hydrogen) atoms. The molecule has 0 atom stereocenters. The summed E-state index contributed by atoms with van der Waals surface area (Å²) in [6.45, 7) is 0. The SMILES string of the molecule is COc1ccc(O)c(N/N=C2\C(=O)C=Cc3ccccc32)c1.O=C1C=C(S(=O)(=O)O)c2ccccc2/C1=N/Nc1c(O)ccc2ccccc12.[Cr].[Na+].[Na+]. The van der Waals surface area contributed by atoms with Gasteiger partial charge in [-0.3, -0.25) is 25.0 Å². The third kappa shape index (κ3) is 9.75. The molecule has 0 unspecified atom stereocenters. The number of nitrogens with zero attached hydrogens (tertiary/aromatic N) is 2. The number of carbonyl (C=O) groups excluding carboxylic acids is 2. The van der Waals surface area contributed by atoms with Gasteiger partial charge in [0.2, 0.25) is 11.6 Å². The van der Waals surface area contributed by atoms with Crippen molar-refractivity contribution in [1.29, 1.82) is 0 Å². The number of fused-ring (bicyclic) bond motifs is 3. The van der Waals surface area contributed by atoms with Crippen molar-refractivity contribution in [3.8, 4) is 17.2 Å². The number of hydrazone groups is 2. The van der Waals surface area contributed by atoms with Crippen LogP contribution in [0.2, 0.25) is 0 Å². The molecule has 0 saturated heterocycles. The van der Waals surface area contributed by atoms with Gasteiger partial charge < -0.3 is 14.9 Å². The van der Waals surface area contributed by atoms with E-state index >= 15 is 0 Å². The number of nitrogens with one attached hydrogen (secondary N) is 2. The molecule has 0 aromatic heterocycles. The Balaban J connectivity index is 0.000000277. The minimum absolute atomic E-state index is 0. The maximum Gasteiger partial charge on any atom is 1.00 e. The molecule has 2 aliphatic carbocycles. The third-order valence-corrected chi connectivity index (χ3v) is 8.66. The molecule has 0 bridgehead atoms. The average molecular weight is 787 g/mol. The van der Waals surface area contributed by atoms with E-state index < -0.39 is 20.8 Å². The summed E-state index contributed by atoms with van der Waals surface area (Å²) in [6.07, 6.45) is 4.08. The fraction of sp³-hybridized carbons (Fsp3) is 0.0270. The Morgan fingerprint density at radius 3 is 2.00 bits per heavy atom. The number of phenols is 2. The molecule has 0 radical (unpaired) electrons. The summed E-state index contributed by atoms with van der Waals surface area (Å²) in [4.78, 5) is 24.1. The average Bonchev–Trinajstić information content (AvgIpc) is 3.11. The molecule has 16 heteroatoms. The van der Waals surface area contributed by atoms with E-state index in [0.717, 1.165) is 22.6 Å². The molecule has 0 fully saturated rings. The number of rotatable bonds is 6. The van der Waals surface area contributed by atoms with E-state index in [1.54, 1.807) is 42.5 Å². The van der Waals surface area contributed by atoms with Crippen LogP contribution in [0, 0.1) is 0 Å². The molecule has 12 nitrogen and oxygen atoms in total. The fourth-order valence-corrected chi connectivity index (χ4v) is 6.03. The number of ketones is 2. The molecule has 2 aliphatic rings. The smallest absolute Gasteiger partial charge is 0.506 e. The number of hydrogen-bond acceptors (Lipinski definition) is 11. The molecule has 7 rings (SSSR count). The summed E-state index contributed by atoms with van der Waals surface area (Å²) in [7, 11) is -3.04. The molecule has 256 valence electrons. The largest absolute Gasteiger partial charge is 1.00 e. The second-order valence-corrected chi connectivity index (χ2v) is 12.3. The van der Waals surface area contributed by atoms with Crippen molar-refractivity contribution in [2.45, 2.75) is 0 Å². The second-order valence-electron chi connectivity index (χ2n) is 10.9. The number of hydrogen-bond donors (Lipinski definition) is 5. The van der Waals surface area contributed by atoms with Crippen LogP contribution in [0.3, 0.4) is 0 Å². The first-order valence-corrected chi connectivity index (χ1v) is 16.4. The molecule has 5 N–H and O–H groups in total. The van der Waals surface area contributed by atoms with Crippen LogP contribution in [-0.2, 0) is 37.1 Å². The Morgan fingerprint density at radius 2 is 1.28 bits per heavy atom. The van der Waals surface area contributed by atoms with Crippen molar-refractivity contribution in [2.75, 3.05) is 18.0 Å². The summed E-state index contributed by atoms with van der Waals surface area (Å²) in [5, 5.41) is 29.9. The van der Waals surface area contributed by atoms with Crippen molar-refractivity contribution < 1.29 is 114 Å². The van der Waals surface area contributed by atoms with E-state index in [1.807, 2.05) is 42.5 Å². The van der Waals surface area contributed by atoms with Crippen LogP contribution in [-0.4, -0.2) is 53.3 Å². The molecule has 0 aliphatic heterocycles. The van der Waals surface area contributed by atoms with Crippen LogP contribution < -0.4 is 74.7 Å². The van der Waals surface area contributed by atoms with Gasteiger partial charge >= 0.3 is 59.1 Å². The minimum Gasteiger partial charge on any atom is -0.506 e. The van der Waals surface area contributed by atoms with Crippen LogP contribution in [0.4, 0.5) is 11.4 Å². The van der Waals surface area contributed by atoms with Gasteiger partial charge in [0, 0.05) is 51.6 Å². The molecular weight excluding hydrogens is 758 g/mol. The predicted molar refractivity (Wildman–Crippen MR) is 192 cm³/mol. The van der Waals surface area contributed by atoms with Gasteiger partial charge in [0.15, 0.2) is 0 Å². The van der Waals surface area contributed by atoms with Crippen LogP contribution in [0.15, 0.2) is 125 Å². The van der Waals surface area contributed by atoms with Crippen molar-refractivity contribution >= 4 is 66.2 Å². The number of aromatic hydroxyl groups is 2. The monoisotopic (exact) mass is 786 g/mol. The van der Waals surface area contributed by atoms with E-state index in [-0.39, 0.29) is 111 Å². The quantitative estimate of drug-likeness (QED) is 0.0679. The van der Waals surface area contributed by atoms with Gasteiger partial charge in [0.1, 0.15) is 45.0 Å². The predicted octanol–water partition coefficient (Wildman–Crippen LogP) is -0.00860. The van der Waals surface area contributed by atoms with Crippen molar-refractivity contribution in [2.24, 2.45) is 10.2 Å². The van der Waals surface area contributed by atoms with Crippen LogP contribution in [0.1, 0.15) is 22.3 Å². The summed E-state index contributed by atoms with van der Waals surface area (Å²) < 4.78 is 37.8. The van der Waals surface area contributed by atoms with Gasteiger partial charge in [0.25, 0.3) is 10.1 Å². The van der Waals surface area contributed by atoms with Crippen molar-refractivity contribution in [1.82, 2.24) is 0 Å². The first-order valence-electron chi connectivity index (χ1n) is 15.0. The zero-order valence-corrected chi connectivity index (χ0v) is 34.7. The molecule has 0 heterocycles. The van der Waals surface area contributed by atoms with Gasteiger partial charge in [-0.15, -0.1) is 0 Å². The van der Waals surface area contributed by atoms with E-state index in [4.69, 9.17) is 4.74 Å². The molecule has 0 spiro atoms. The zero-order chi connectivity index (χ0) is 35.4. The number of carbonyl (C=O) groups is 2. The molecule has 5 aromatic rings. The maximum absolute atomic E-state index is 12.5. The summed E-state index contributed by atoms with van der Waals surface area (Å²) in [5.74, 6) is -0.311. The Labute approximate surface area is 359 Å². The van der Waals surface area contributed by atoms with E-state index in [0.29, 0.717) is 28.2 Å². The molecular formula is C37H28CrN4Na2O8S+2. The Bertz CT molecular complexity index is 2440. The first kappa shape index (κ1) is 43.4. The number of ether oxygens (including phenoxy) is 1. The summed E-state index contributed by atoms with van der Waals surface area (Å²) >= 11 is 0. The Morgan fingerprint density at radius 1 is 0.679 bits per heavy atom. The molecule has 5 aromatic carbocycles. The topological polar surface area (TPSA) is 187 Å². The summed E-state index contributed by atoms with van der Waals surface area (Å²) in [5.41, 5.74) is 8.53. The van der Waals surface area contributed by atoms with Crippen LogP contribution in [0.25, 0.3) is 21.8 Å². The Hall–Kier alpha value is -4.04. The summed E-state index contributed by atoms with van der Waals surface area (Å²) in [6, 6.07) is 29.1. The van der Waals surface area contributed by atoms with E-state index in [2.05, 4.69) is 21.1 Å². The Kier molecular flexibility index (Phi) is 15.4. The number of methoxy groups -OCH3 is 1. The van der Waals surface area contributed by atoms with Gasteiger partial charge in [-0.05, 0) is 35.2 Å². The fourth-order valence-electron chi connectivity index (χ4n) is 5.32. The minimum atomic E-state index is -4.57. The number of allylic oxidation sites excluding steroid dienone is 2. The number of benzene rings is 5. The van der Waals surface area contributed by atoms with Gasteiger partial charge in [-0.2, -0.15) is 18.6 Å². The zero-order valence-electron chi connectivity index (χ0n) is 28.6. The number of anilines is 2. The van der Waals surface area contributed by atoms with Crippen molar-refractivity contribution in [3.63, 3.8) is 0 Å². The van der Waals surface area contributed by atoms with Crippen LogP contribution >= 0.6 is 0 Å². The van der Waals surface area contributed by atoms with E-state index in [9.17, 15) is 32.8 Å².